The van der Waals surface area contributed by atoms with Gasteiger partial charge in [0.25, 0.3) is 5.56 Å². The first-order valence-electron chi connectivity index (χ1n) is 8.62. The van der Waals surface area contributed by atoms with Crippen LogP contribution in [0.25, 0.3) is 11.4 Å². The molecule has 0 atom stereocenters. The van der Waals surface area contributed by atoms with Crippen molar-refractivity contribution in [3.05, 3.63) is 76.0 Å². The maximum Gasteiger partial charge on any atom is 0.416 e. The Balaban J connectivity index is 1.63. The molecule has 0 bridgehead atoms. The van der Waals surface area contributed by atoms with Crippen LogP contribution in [0.4, 0.5) is 13.2 Å². The minimum Gasteiger partial charge on any atom is -0.352 e. The van der Waals surface area contributed by atoms with Crippen molar-refractivity contribution in [1.29, 1.82) is 0 Å². The molecule has 7 nitrogen and oxygen atoms in total. The molecule has 0 saturated heterocycles. The molecule has 29 heavy (non-hydrogen) atoms. The van der Waals surface area contributed by atoms with E-state index >= 15 is 0 Å². The Kier molecular flexibility index (Phi) is 6.01. The van der Waals surface area contributed by atoms with E-state index < -0.39 is 17.3 Å². The fraction of sp³-hybridized carbons (Fsp3) is 0.211. The summed E-state index contributed by atoms with van der Waals surface area (Å²) >= 11 is 0. The van der Waals surface area contributed by atoms with Crippen LogP contribution in [-0.4, -0.2) is 26.1 Å². The normalized spacial score (nSPS) is 11.3. The third kappa shape index (κ3) is 5.47. The van der Waals surface area contributed by atoms with Crippen molar-refractivity contribution in [2.75, 3.05) is 0 Å². The smallest absolute Gasteiger partial charge is 0.352 e. The minimum atomic E-state index is -4.51. The van der Waals surface area contributed by atoms with E-state index in [1.54, 1.807) is 24.5 Å². The van der Waals surface area contributed by atoms with E-state index in [0.29, 0.717) is 6.54 Å². The lowest BCUT2D eigenvalue weighted by Crippen LogP contribution is -2.25. The largest absolute Gasteiger partial charge is 0.416 e. The molecular weight excluding hydrogens is 387 g/mol. The van der Waals surface area contributed by atoms with Crippen LogP contribution < -0.4 is 10.9 Å². The third-order valence-electron chi connectivity index (χ3n) is 4.06. The Labute approximate surface area is 163 Å². The number of halogens is 3. The number of H-pyrrole nitrogens is 1. The lowest BCUT2D eigenvalue weighted by Gasteiger charge is -2.08. The van der Waals surface area contributed by atoms with Crippen molar-refractivity contribution in [1.82, 2.24) is 25.5 Å². The molecule has 1 amide bonds. The maximum absolute atomic E-state index is 12.8. The van der Waals surface area contributed by atoms with Crippen molar-refractivity contribution in [3.8, 4) is 11.4 Å². The second-order valence-corrected chi connectivity index (χ2v) is 6.16. The molecule has 0 unspecified atom stereocenters. The average Bonchev–Trinajstić information content (AvgIpc) is 2.71. The summed E-state index contributed by atoms with van der Waals surface area (Å²) in [6.07, 6.45) is -1.21. The van der Waals surface area contributed by atoms with Gasteiger partial charge in [0.05, 0.1) is 5.56 Å². The molecule has 0 radical (unpaired) electrons. The number of pyridine rings is 1. The highest BCUT2D eigenvalue weighted by Crippen LogP contribution is 2.31. The molecule has 0 saturated carbocycles. The SMILES string of the molecule is O=C(CCc1nnc(-c2cccc(C(F)(F)F)c2)[nH]c1=O)NCc1ccncc1. The first-order chi connectivity index (χ1) is 13.8. The summed E-state index contributed by atoms with van der Waals surface area (Å²) in [6, 6.07) is 7.95. The van der Waals surface area contributed by atoms with E-state index in [1.807, 2.05) is 0 Å². The van der Waals surface area contributed by atoms with Gasteiger partial charge < -0.3 is 10.3 Å². The summed E-state index contributed by atoms with van der Waals surface area (Å²) in [4.78, 5) is 30.4. The molecule has 150 valence electrons. The van der Waals surface area contributed by atoms with Crippen molar-refractivity contribution in [2.24, 2.45) is 0 Å². The number of hydrogen-bond acceptors (Lipinski definition) is 5. The number of nitrogens with one attached hydrogen (secondary N) is 2. The molecule has 10 heteroatoms. The average molecular weight is 403 g/mol. The molecule has 3 aromatic rings. The second kappa shape index (κ2) is 8.63. The van der Waals surface area contributed by atoms with Crippen LogP contribution in [0, 0.1) is 0 Å². The Morgan fingerprint density at radius 2 is 1.86 bits per heavy atom. The minimum absolute atomic E-state index is 0.0196. The van der Waals surface area contributed by atoms with Crippen molar-refractivity contribution in [3.63, 3.8) is 0 Å². The Bertz CT molecular complexity index is 1050. The lowest BCUT2D eigenvalue weighted by atomic mass is 10.1. The highest BCUT2D eigenvalue weighted by Gasteiger charge is 2.30. The lowest BCUT2D eigenvalue weighted by molar-refractivity contribution is -0.137. The predicted molar refractivity (Wildman–Crippen MR) is 97.5 cm³/mol. The van der Waals surface area contributed by atoms with E-state index in [-0.39, 0.29) is 35.8 Å². The van der Waals surface area contributed by atoms with Gasteiger partial charge in [-0.2, -0.15) is 13.2 Å². The molecule has 0 aliphatic rings. The maximum atomic E-state index is 12.8. The van der Waals surface area contributed by atoms with Crippen LogP contribution in [0.2, 0.25) is 0 Å². The highest BCUT2D eigenvalue weighted by molar-refractivity contribution is 5.76. The van der Waals surface area contributed by atoms with Crippen LogP contribution in [0.3, 0.4) is 0 Å². The molecular formula is C19H16F3N5O2. The van der Waals surface area contributed by atoms with Crippen LogP contribution in [0.15, 0.2) is 53.6 Å². The van der Waals surface area contributed by atoms with Crippen LogP contribution in [0.5, 0.6) is 0 Å². The molecule has 0 aliphatic carbocycles. The Morgan fingerprint density at radius 1 is 1.10 bits per heavy atom. The molecule has 2 N–H and O–H groups in total. The summed E-state index contributed by atoms with van der Waals surface area (Å²) in [5.74, 6) is -0.350. The van der Waals surface area contributed by atoms with Gasteiger partial charge in [-0.1, -0.05) is 12.1 Å². The topological polar surface area (TPSA) is 101 Å². The summed E-state index contributed by atoms with van der Waals surface area (Å²) < 4.78 is 38.5. The molecule has 0 aliphatic heterocycles. The van der Waals surface area contributed by atoms with Crippen LogP contribution >= 0.6 is 0 Å². The first-order valence-corrected chi connectivity index (χ1v) is 8.62. The zero-order chi connectivity index (χ0) is 20.9. The van der Waals surface area contributed by atoms with E-state index in [0.717, 1.165) is 17.7 Å². The predicted octanol–water partition coefficient (Wildman–Crippen LogP) is 2.49. The van der Waals surface area contributed by atoms with Crippen LogP contribution in [-0.2, 0) is 23.9 Å². The standard InChI is InChI=1S/C19H16F3N5O2/c20-19(21,22)14-3-1-2-13(10-14)17-25-18(29)15(26-27-17)4-5-16(28)24-11-12-6-8-23-9-7-12/h1-3,6-10H,4-5,11H2,(H,24,28)(H,25,27,29). The number of nitrogens with zero attached hydrogens (tertiary/aromatic N) is 3. The van der Waals surface area contributed by atoms with E-state index in [4.69, 9.17) is 0 Å². The van der Waals surface area contributed by atoms with E-state index in [2.05, 4.69) is 25.5 Å². The van der Waals surface area contributed by atoms with Crippen LogP contribution in [0.1, 0.15) is 23.2 Å². The Hall–Kier alpha value is -3.56. The van der Waals surface area contributed by atoms with Gasteiger partial charge in [0.1, 0.15) is 5.69 Å². The number of hydrogen-bond donors (Lipinski definition) is 2. The summed E-state index contributed by atoms with van der Waals surface area (Å²) in [7, 11) is 0. The number of aromatic amines is 1. The molecule has 0 spiro atoms. The molecule has 2 aromatic heterocycles. The van der Waals surface area contributed by atoms with Crippen molar-refractivity contribution in [2.45, 2.75) is 25.6 Å². The van der Waals surface area contributed by atoms with Gasteiger partial charge in [0.15, 0.2) is 5.82 Å². The van der Waals surface area contributed by atoms with Gasteiger partial charge in [-0.3, -0.25) is 14.6 Å². The first kappa shape index (κ1) is 20.2. The van der Waals surface area contributed by atoms with Gasteiger partial charge in [-0.25, -0.2) is 0 Å². The number of rotatable bonds is 6. The quantitative estimate of drug-likeness (QED) is 0.659. The third-order valence-corrected chi connectivity index (χ3v) is 4.06. The second-order valence-electron chi connectivity index (χ2n) is 6.16. The van der Waals surface area contributed by atoms with Gasteiger partial charge in [-0.05, 0) is 29.8 Å². The van der Waals surface area contributed by atoms with E-state index in [9.17, 15) is 22.8 Å². The summed E-state index contributed by atoms with van der Waals surface area (Å²) in [5.41, 5.74) is -0.454. The van der Waals surface area contributed by atoms with Gasteiger partial charge in [-0.15, -0.1) is 10.2 Å². The van der Waals surface area contributed by atoms with Gasteiger partial charge in [0, 0.05) is 37.3 Å². The molecule has 2 heterocycles. The zero-order valence-corrected chi connectivity index (χ0v) is 15.0. The Morgan fingerprint density at radius 3 is 2.55 bits per heavy atom. The van der Waals surface area contributed by atoms with Crippen molar-refractivity contribution >= 4 is 5.91 Å². The number of aryl methyl sites for hydroxylation is 1. The number of aromatic nitrogens is 4. The van der Waals surface area contributed by atoms with Crippen molar-refractivity contribution < 1.29 is 18.0 Å². The molecule has 3 rings (SSSR count). The van der Waals surface area contributed by atoms with Gasteiger partial charge in [0.2, 0.25) is 5.91 Å². The van der Waals surface area contributed by atoms with Gasteiger partial charge >= 0.3 is 6.18 Å². The number of amides is 1. The number of benzene rings is 1. The zero-order valence-electron chi connectivity index (χ0n) is 15.0. The number of carbonyl (C=O) groups is 1. The number of carbonyl (C=O) groups excluding carboxylic acids is 1. The fourth-order valence-corrected chi connectivity index (χ4v) is 2.52. The monoisotopic (exact) mass is 403 g/mol. The molecule has 0 fully saturated rings. The fourth-order valence-electron chi connectivity index (χ4n) is 2.52. The highest BCUT2D eigenvalue weighted by atomic mass is 19.4. The number of alkyl halides is 3. The van der Waals surface area contributed by atoms with E-state index in [1.165, 1.54) is 12.1 Å². The summed E-state index contributed by atoms with van der Waals surface area (Å²) in [6.45, 7) is 0.331. The summed E-state index contributed by atoms with van der Waals surface area (Å²) in [5, 5.41) is 10.3. The molecule has 1 aromatic carbocycles.